The number of methoxy groups -OCH3 is 1. The fourth-order valence-electron chi connectivity index (χ4n) is 1.56. The third-order valence-corrected chi connectivity index (χ3v) is 2.58. The van der Waals surface area contributed by atoms with E-state index in [0.717, 1.165) is 0 Å². The van der Waals surface area contributed by atoms with Crippen LogP contribution in [-0.4, -0.2) is 35.0 Å². The van der Waals surface area contributed by atoms with Crippen molar-refractivity contribution in [1.82, 2.24) is 15.5 Å². The summed E-state index contributed by atoms with van der Waals surface area (Å²) in [6.45, 7) is 2.42. The normalized spacial score (nSPS) is 28.2. The first kappa shape index (κ1) is 10.5. The molecule has 0 spiro atoms. The van der Waals surface area contributed by atoms with Crippen LogP contribution in [0.25, 0.3) is 0 Å². The predicted octanol–water partition coefficient (Wildman–Crippen LogP) is 0.172. The van der Waals surface area contributed by atoms with Gasteiger partial charge in [-0.05, 0) is 13.3 Å². The molecule has 0 aromatic carbocycles. The smallest absolute Gasteiger partial charge is 0.243 e. The van der Waals surface area contributed by atoms with E-state index in [1.165, 1.54) is 0 Å². The first-order chi connectivity index (χ1) is 7.20. The van der Waals surface area contributed by atoms with Gasteiger partial charge in [0.25, 0.3) is 0 Å². The maximum Gasteiger partial charge on any atom is 0.243 e. The lowest BCUT2D eigenvalue weighted by Gasteiger charge is -2.03. The standard InChI is InChI=1S/C9H15N3O3/c1-5(14-2)8-11-9(15-12-8)7-3-6(13)4-10-7/h5-7,10,13H,3-4H2,1-2H3. The zero-order valence-corrected chi connectivity index (χ0v) is 8.80. The van der Waals surface area contributed by atoms with Crippen LogP contribution in [0.1, 0.15) is 37.2 Å². The molecule has 0 saturated carbocycles. The monoisotopic (exact) mass is 213 g/mol. The summed E-state index contributed by atoms with van der Waals surface area (Å²) < 4.78 is 10.2. The number of rotatable bonds is 3. The Balaban J connectivity index is 2.07. The van der Waals surface area contributed by atoms with Crippen LogP contribution >= 0.6 is 0 Å². The van der Waals surface area contributed by atoms with E-state index in [1.54, 1.807) is 7.11 Å². The molecular formula is C9H15N3O3. The Kier molecular flexibility index (Phi) is 2.99. The number of nitrogens with one attached hydrogen (secondary N) is 1. The van der Waals surface area contributed by atoms with E-state index in [4.69, 9.17) is 9.26 Å². The number of aliphatic hydroxyl groups excluding tert-OH is 1. The summed E-state index contributed by atoms with van der Waals surface area (Å²) in [6.07, 6.45) is 0.113. The maximum absolute atomic E-state index is 9.35. The summed E-state index contributed by atoms with van der Waals surface area (Å²) in [6, 6.07) is -0.0368. The first-order valence-corrected chi connectivity index (χ1v) is 4.98. The van der Waals surface area contributed by atoms with Gasteiger partial charge in [-0.15, -0.1) is 0 Å². The Morgan fingerprint density at radius 2 is 2.47 bits per heavy atom. The lowest BCUT2D eigenvalue weighted by atomic mass is 10.2. The van der Waals surface area contributed by atoms with Crippen LogP contribution in [0.3, 0.4) is 0 Å². The molecule has 0 amide bonds. The fourth-order valence-corrected chi connectivity index (χ4v) is 1.56. The van der Waals surface area contributed by atoms with Gasteiger partial charge in [0.15, 0.2) is 5.82 Å². The average molecular weight is 213 g/mol. The van der Waals surface area contributed by atoms with Crippen molar-refractivity contribution in [3.05, 3.63) is 11.7 Å². The van der Waals surface area contributed by atoms with Gasteiger partial charge >= 0.3 is 0 Å². The van der Waals surface area contributed by atoms with Crippen molar-refractivity contribution in [1.29, 1.82) is 0 Å². The molecule has 3 atom stereocenters. The van der Waals surface area contributed by atoms with Crippen LogP contribution in [0.2, 0.25) is 0 Å². The van der Waals surface area contributed by atoms with Crippen LogP contribution in [-0.2, 0) is 4.74 Å². The highest BCUT2D eigenvalue weighted by atomic mass is 16.5. The molecule has 2 N–H and O–H groups in total. The minimum atomic E-state index is -0.329. The Bertz CT molecular complexity index is 328. The van der Waals surface area contributed by atoms with Crippen LogP contribution in [0.5, 0.6) is 0 Å². The largest absolute Gasteiger partial charge is 0.392 e. The topological polar surface area (TPSA) is 80.4 Å². The molecule has 1 aliphatic rings. The average Bonchev–Trinajstić information content (AvgIpc) is 2.84. The Labute approximate surface area is 87.6 Å². The van der Waals surface area contributed by atoms with Crippen molar-refractivity contribution in [2.45, 2.75) is 31.6 Å². The molecule has 1 aromatic heterocycles. The quantitative estimate of drug-likeness (QED) is 0.745. The molecular weight excluding hydrogens is 198 g/mol. The van der Waals surface area contributed by atoms with Crippen molar-refractivity contribution in [3.63, 3.8) is 0 Å². The highest BCUT2D eigenvalue weighted by Gasteiger charge is 2.28. The van der Waals surface area contributed by atoms with E-state index >= 15 is 0 Å². The van der Waals surface area contributed by atoms with Gasteiger partial charge in [-0.3, -0.25) is 0 Å². The van der Waals surface area contributed by atoms with Crippen molar-refractivity contribution in [3.8, 4) is 0 Å². The summed E-state index contributed by atoms with van der Waals surface area (Å²) in [5.41, 5.74) is 0. The molecule has 3 unspecified atom stereocenters. The van der Waals surface area contributed by atoms with Gasteiger partial charge in [0, 0.05) is 13.7 Å². The molecule has 2 heterocycles. The highest BCUT2D eigenvalue weighted by molar-refractivity contribution is 4.98. The first-order valence-electron chi connectivity index (χ1n) is 4.98. The maximum atomic E-state index is 9.35. The van der Waals surface area contributed by atoms with E-state index in [2.05, 4.69) is 15.5 Å². The SMILES string of the molecule is COC(C)c1noc(C2CC(O)CN2)n1. The van der Waals surface area contributed by atoms with E-state index < -0.39 is 0 Å². The number of β-amino-alcohol motifs (C(OH)–C–C–N with tert-alkyl or cyclic N) is 1. The van der Waals surface area contributed by atoms with Crippen molar-refractivity contribution in [2.75, 3.05) is 13.7 Å². The fraction of sp³-hybridized carbons (Fsp3) is 0.778. The number of ether oxygens (including phenoxy) is 1. The van der Waals surface area contributed by atoms with E-state index in [0.29, 0.717) is 24.7 Å². The zero-order valence-electron chi connectivity index (χ0n) is 8.80. The molecule has 2 rings (SSSR count). The zero-order chi connectivity index (χ0) is 10.8. The summed E-state index contributed by atoms with van der Waals surface area (Å²) >= 11 is 0. The van der Waals surface area contributed by atoms with Crippen molar-refractivity contribution in [2.24, 2.45) is 0 Å². The second-order valence-corrected chi connectivity index (χ2v) is 3.72. The van der Waals surface area contributed by atoms with Crippen molar-refractivity contribution >= 4 is 0 Å². The summed E-state index contributed by atoms with van der Waals surface area (Å²) in [5, 5.41) is 16.3. The molecule has 0 aliphatic carbocycles. The number of aliphatic hydroxyl groups is 1. The van der Waals surface area contributed by atoms with Gasteiger partial charge in [0.2, 0.25) is 5.89 Å². The van der Waals surface area contributed by atoms with Gasteiger partial charge in [0.05, 0.1) is 12.1 Å². The summed E-state index contributed by atoms with van der Waals surface area (Å²) in [5.74, 6) is 1.06. The van der Waals surface area contributed by atoms with Gasteiger partial charge in [-0.2, -0.15) is 4.98 Å². The van der Waals surface area contributed by atoms with Crippen LogP contribution in [0, 0.1) is 0 Å². The van der Waals surface area contributed by atoms with E-state index in [1.807, 2.05) is 6.92 Å². The van der Waals surface area contributed by atoms with E-state index in [-0.39, 0.29) is 18.2 Å². The van der Waals surface area contributed by atoms with Crippen molar-refractivity contribution < 1.29 is 14.4 Å². The van der Waals surface area contributed by atoms with Crippen LogP contribution in [0.15, 0.2) is 4.52 Å². The molecule has 6 heteroatoms. The Hall–Kier alpha value is -0.980. The number of nitrogens with zero attached hydrogens (tertiary/aromatic N) is 2. The number of aromatic nitrogens is 2. The second kappa shape index (κ2) is 4.26. The second-order valence-electron chi connectivity index (χ2n) is 3.72. The van der Waals surface area contributed by atoms with Crippen LogP contribution in [0.4, 0.5) is 0 Å². The van der Waals surface area contributed by atoms with Gasteiger partial charge in [-0.25, -0.2) is 0 Å². The molecule has 1 aromatic rings. The lowest BCUT2D eigenvalue weighted by Crippen LogP contribution is -2.15. The molecule has 84 valence electrons. The lowest BCUT2D eigenvalue weighted by molar-refractivity contribution is 0.109. The Morgan fingerprint density at radius 1 is 1.67 bits per heavy atom. The van der Waals surface area contributed by atoms with Gasteiger partial charge in [-0.1, -0.05) is 5.16 Å². The third-order valence-electron chi connectivity index (χ3n) is 2.58. The summed E-state index contributed by atoms with van der Waals surface area (Å²) in [7, 11) is 1.60. The number of hydrogen-bond donors (Lipinski definition) is 2. The highest BCUT2D eigenvalue weighted by Crippen LogP contribution is 2.23. The Morgan fingerprint density at radius 3 is 3.07 bits per heavy atom. The molecule has 1 fully saturated rings. The predicted molar refractivity (Wildman–Crippen MR) is 51.1 cm³/mol. The minimum absolute atomic E-state index is 0.0368. The molecule has 1 saturated heterocycles. The van der Waals surface area contributed by atoms with E-state index in [9.17, 15) is 5.11 Å². The summed E-state index contributed by atoms with van der Waals surface area (Å²) in [4.78, 5) is 4.22. The molecule has 0 bridgehead atoms. The molecule has 6 nitrogen and oxygen atoms in total. The number of hydrogen-bond acceptors (Lipinski definition) is 6. The molecule has 1 aliphatic heterocycles. The molecule has 15 heavy (non-hydrogen) atoms. The van der Waals surface area contributed by atoms with Gasteiger partial charge < -0.3 is 19.7 Å². The third kappa shape index (κ3) is 2.17. The minimum Gasteiger partial charge on any atom is -0.392 e. The van der Waals surface area contributed by atoms with Crippen LogP contribution < -0.4 is 5.32 Å². The molecule has 0 radical (unpaired) electrons. The van der Waals surface area contributed by atoms with Gasteiger partial charge in [0.1, 0.15) is 6.10 Å².